The molecular formula is C32H48ClN3O8S4. The third-order valence-electron chi connectivity index (χ3n) is 7.93. The van der Waals surface area contributed by atoms with Crippen molar-refractivity contribution in [3.05, 3.63) is 59.7 Å². The molecule has 2 atom stereocenters. The summed E-state index contributed by atoms with van der Waals surface area (Å²) in [5.41, 5.74) is 1.92. The van der Waals surface area contributed by atoms with Crippen LogP contribution in [0.5, 0.6) is 0 Å². The lowest BCUT2D eigenvalue weighted by atomic mass is 10.0. The third kappa shape index (κ3) is 10.1. The number of hydrogen-bond donors (Lipinski definition) is 2. The fourth-order valence-electron chi connectivity index (χ4n) is 5.45. The number of thioether (sulfide) groups is 2. The van der Waals surface area contributed by atoms with Crippen molar-refractivity contribution >= 4 is 67.0 Å². The number of amides is 1. The molecule has 2 saturated heterocycles. The van der Waals surface area contributed by atoms with Crippen LogP contribution in [-0.4, -0.2) is 112 Å². The van der Waals surface area contributed by atoms with Gasteiger partial charge in [-0.15, -0.1) is 11.6 Å². The van der Waals surface area contributed by atoms with Gasteiger partial charge in [-0.1, -0.05) is 35.4 Å². The van der Waals surface area contributed by atoms with Gasteiger partial charge in [-0.3, -0.25) is 14.8 Å². The molecule has 2 heterocycles. The zero-order valence-electron chi connectivity index (χ0n) is 28.7. The molecule has 2 aliphatic heterocycles. The highest BCUT2D eigenvalue weighted by Gasteiger charge is 2.48. The van der Waals surface area contributed by atoms with Gasteiger partial charge in [-0.25, -0.2) is 21.9 Å². The Kier molecular flexibility index (Phi) is 15.3. The smallest absolute Gasteiger partial charge is 0.323 e. The van der Waals surface area contributed by atoms with Gasteiger partial charge in [-0.05, 0) is 90.2 Å². The van der Waals surface area contributed by atoms with Crippen LogP contribution in [0, 0.1) is 13.8 Å². The lowest BCUT2D eigenvalue weighted by Crippen LogP contribution is -2.57. The largest absolute Gasteiger partial charge is 0.480 e. The van der Waals surface area contributed by atoms with Gasteiger partial charge in [0.25, 0.3) is 5.91 Å². The average molecular weight is 766 g/mol. The van der Waals surface area contributed by atoms with Gasteiger partial charge in [0.1, 0.15) is 12.1 Å². The number of likely N-dealkylation sites (N-methyl/N-ethyl adjacent to an activating group) is 1. The van der Waals surface area contributed by atoms with Crippen molar-refractivity contribution < 1.29 is 36.7 Å². The van der Waals surface area contributed by atoms with E-state index < -0.39 is 53.5 Å². The molecule has 0 aromatic heterocycles. The molecule has 0 unspecified atom stereocenters. The summed E-state index contributed by atoms with van der Waals surface area (Å²) in [5, 5.41) is 19.7. The summed E-state index contributed by atoms with van der Waals surface area (Å²) >= 11 is 7.69. The van der Waals surface area contributed by atoms with Crippen LogP contribution in [0.4, 0.5) is 0 Å². The highest BCUT2D eigenvalue weighted by Crippen LogP contribution is 2.39. The third-order valence-corrected chi connectivity index (χ3v) is 14.6. The number of aliphatic carboxylic acids is 1. The Morgan fingerprint density at radius 2 is 1.08 bits per heavy atom. The number of nitrogens with zero attached hydrogens (tertiary/aromatic N) is 3. The normalized spacial score (nSPS) is 21.6. The van der Waals surface area contributed by atoms with Crippen LogP contribution in [0.25, 0.3) is 0 Å². The van der Waals surface area contributed by atoms with Crippen LogP contribution in [0.1, 0.15) is 51.7 Å². The van der Waals surface area contributed by atoms with E-state index in [9.17, 15) is 36.7 Å². The number of alkyl halides is 1. The molecule has 16 heteroatoms. The van der Waals surface area contributed by atoms with Crippen LogP contribution in [0.3, 0.4) is 0 Å². The second-order valence-corrected chi connectivity index (χ2v) is 19.8. The Bertz CT molecular complexity index is 1600. The van der Waals surface area contributed by atoms with Crippen LogP contribution in [0.15, 0.2) is 58.3 Å². The van der Waals surface area contributed by atoms with E-state index in [-0.39, 0.29) is 22.9 Å². The summed E-state index contributed by atoms with van der Waals surface area (Å²) in [6.07, 6.45) is 2.76. The quantitative estimate of drug-likeness (QED) is 0.224. The zero-order chi connectivity index (χ0) is 36.7. The molecule has 11 nitrogen and oxygen atoms in total. The van der Waals surface area contributed by atoms with Crippen molar-refractivity contribution in [1.29, 1.82) is 0 Å². The number of halogens is 1. The van der Waals surface area contributed by atoms with E-state index in [1.165, 1.54) is 41.6 Å². The highest BCUT2D eigenvalue weighted by atomic mass is 35.5. The second-order valence-electron chi connectivity index (χ2n) is 12.5. The maximum absolute atomic E-state index is 13.1. The van der Waals surface area contributed by atoms with Gasteiger partial charge in [-0.2, -0.15) is 32.1 Å². The number of rotatable bonds is 6. The predicted octanol–water partition coefficient (Wildman–Crippen LogP) is 5.33. The summed E-state index contributed by atoms with van der Waals surface area (Å²) < 4.78 is 53.2. The first-order chi connectivity index (χ1) is 22.2. The summed E-state index contributed by atoms with van der Waals surface area (Å²) in [7, 11) is -6.44. The zero-order valence-corrected chi connectivity index (χ0v) is 32.7. The summed E-state index contributed by atoms with van der Waals surface area (Å²) in [6.45, 7) is 11.5. The molecule has 48 heavy (non-hydrogen) atoms. The minimum absolute atomic E-state index is 0.145. The van der Waals surface area contributed by atoms with E-state index in [0.29, 0.717) is 17.9 Å². The van der Waals surface area contributed by atoms with Crippen LogP contribution >= 0.6 is 35.1 Å². The van der Waals surface area contributed by atoms with Gasteiger partial charge in [0.2, 0.25) is 20.0 Å². The van der Waals surface area contributed by atoms with Gasteiger partial charge < -0.3 is 5.11 Å². The molecule has 0 aliphatic carbocycles. The van der Waals surface area contributed by atoms with E-state index in [2.05, 4.69) is 11.6 Å². The molecule has 2 aromatic carbocycles. The van der Waals surface area contributed by atoms with E-state index in [1.54, 1.807) is 62.0 Å². The minimum atomic E-state index is -3.84. The lowest BCUT2D eigenvalue weighted by molar-refractivity contribution is -0.164. The second kappa shape index (κ2) is 17.4. The Balaban J connectivity index is 0.000000318. The Labute approximate surface area is 299 Å². The monoisotopic (exact) mass is 765 g/mol. The van der Waals surface area contributed by atoms with Crippen molar-refractivity contribution in [2.75, 3.05) is 38.0 Å². The number of hydroxylamine groups is 2. The molecule has 0 bridgehead atoms. The molecule has 0 saturated carbocycles. The van der Waals surface area contributed by atoms with Gasteiger partial charge in [0.15, 0.2) is 0 Å². The summed E-state index contributed by atoms with van der Waals surface area (Å²) in [6, 6.07) is 11.1. The lowest BCUT2D eigenvalue weighted by Gasteiger charge is -2.38. The maximum atomic E-state index is 13.1. The number of carboxylic acids is 1. The van der Waals surface area contributed by atoms with Crippen LogP contribution < -0.4 is 0 Å². The molecule has 2 aromatic rings. The van der Waals surface area contributed by atoms with Gasteiger partial charge in [0, 0.05) is 36.0 Å². The Morgan fingerprint density at radius 3 is 1.42 bits per heavy atom. The molecule has 4 rings (SSSR count). The van der Waals surface area contributed by atoms with Gasteiger partial charge in [0.05, 0.1) is 9.79 Å². The van der Waals surface area contributed by atoms with Crippen LogP contribution in [-0.2, 0) is 29.6 Å². The van der Waals surface area contributed by atoms with E-state index in [1.807, 2.05) is 27.7 Å². The minimum Gasteiger partial charge on any atom is -0.480 e. The van der Waals surface area contributed by atoms with Gasteiger partial charge >= 0.3 is 5.97 Å². The number of benzene rings is 2. The predicted molar refractivity (Wildman–Crippen MR) is 194 cm³/mol. The highest BCUT2D eigenvalue weighted by molar-refractivity contribution is 8.01. The first-order valence-electron chi connectivity index (χ1n) is 15.3. The van der Waals surface area contributed by atoms with Crippen molar-refractivity contribution in [3.8, 4) is 0 Å². The molecule has 0 spiro atoms. The number of hydrogen-bond acceptors (Lipinski definition) is 9. The fourth-order valence-corrected chi connectivity index (χ4v) is 11.5. The molecule has 270 valence electrons. The van der Waals surface area contributed by atoms with Crippen molar-refractivity contribution in [3.63, 3.8) is 0 Å². The Morgan fingerprint density at radius 1 is 0.750 bits per heavy atom. The van der Waals surface area contributed by atoms with Crippen molar-refractivity contribution in [2.24, 2.45) is 0 Å². The standard InChI is InChI=1S/C16H24N2O4S2.C15H21NO4S2.CH3Cl/c1-12-6-8-13(9-7-12)24(21,22)18-10-5-11-23-16(2,3)14(18)15(19)17(4)20;1-11-5-7-12(8-6-11)22(19,20)16-9-4-10-21-15(2,3)13(16)14(17)18;1-2/h6-9,14,20H,5,10-11H2,1-4H3;5-8,13H,4,9-10H2,1-3H3,(H,17,18);1H3/t14-;13-;/m00./s1. The molecule has 2 aliphatic rings. The molecule has 0 radical (unpaired) electrons. The topological polar surface area (TPSA) is 153 Å². The van der Waals surface area contributed by atoms with Crippen molar-refractivity contribution in [1.82, 2.24) is 13.7 Å². The first-order valence-corrected chi connectivity index (χ1v) is 20.9. The SMILES string of the molecule is CCl.Cc1ccc(S(=O)(=O)N2CCCSC(C)(C)[C@@H]2C(=O)N(C)O)cc1.Cc1ccc(S(=O)(=O)N2CCCSC(C)(C)[C@@H]2C(=O)O)cc1. The number of carboxylic acid groups (broad SMARTS) is 1. The summed E-state index contributed by atoms with van der Waals surface area (Å²) in [5.74, 6) is -0.220. The maximum Gasteiger partial charge on any atom is 0.323 e. The number of carbonyl (C=O) groups is 2. The fraction of sp³-hybridized carbons (Fsp3) is 0.562. The molecule has 2 fully saturated rings. The average Bonchev–Trinajstić information content (AvgIpc) is 3.28. The summed E-state index contributed by atoms with van der Waals surface area (Å²) in [4.78, 5) is 24.6. The Hall–Kier alpha value is -1.85. The number of sulfonamides is 2. The molecular weight excluding hydrogens is 718 g/mol. The molecule has 1 amide bonds. The van der Waals surface area contributed by atoms with Crippen LogP contribution in [0.2, 0.25) is 0 Å². The van der Waals surface area contributed by atoms with E-state index in [4.69, 9.17) is 0 Å². The first kappa shape index (κ1) is 42.3. The molecule has 2 N–H and O–H groups in total. The number of aryl methyl sites for hydroxylation is 2. The number of carbonyl (C=O) groups excluding carboxylic acids is 1. The van der Waals surface area contributed by atoms with Crippen molar-refractivity contribution in [2.45, 2.75) is 85.8 Å². The van der Waals surface area contributed by atoms with E-state index in [0.717, 1.165) is 26.9 Å². The van der Waals surface area contributed by atoms with E-state index >= 15 is 0 Å².